The lowest BCUT2D eigenvalue weighted by Crippen LogP contribution is -2.37. The minimum atomic E-state index is 0.0754. The molecule has 1 rings (SSSR count). The minimum absolute atomic E-state index is 0.0754. The average molecular weight is 216 g/mol. The van der Waals surface area contributed by atoms with Crippen molar-refractivity contribution in [3.05, 3.63) is 0 Å². The molecule has 1 fully saturated rings. The van der Waals surface area contributed by atoms with Crippen molar-refractivity contribution in [1.82, 2.24) is 10.6 Å². The highest BCUT2D eigenvalue weighted by atomic mass is 32.2. The smallest absolute Gasteiger partial charge is 0.224 e. The van der Waals surface area contributed by atoms with Crippen molar-refractivity contribution in [3.8, 4) is 0 Å². The van der Waals surface area contributed by atoms with Crippen molar-refractivity contribution in [2.45, 2.75) is 25.0 Å². The van der Waals surface area contributed by atoms with Crippen LogP contribution in [0.3, 0.4) is 0 Å². The molecule has 0 spiro atoms. The summed E-state index contributed by atoms with van der Waals surface area (Å²) >= 11 is 1.98. The maximum atomic E-state index is 11.5. The van der Waals surface area contributed by atoms with E-state index in [1.165, 1.54) is 18.6 Å². The van der Waals surface area contributed by atoms with Crippen LogP contribution in [0.2, 0.25) is 0 Å². The summed E-state index contributed by atoms with van der Waals surface area (Å²) in [5.41, 5.74) is 0. The molecule has 0 bridgehead atoms. The second-order valence-electron chi connectivity index (χ2n) is 3.84. The topological polar surface area (TPSA) is 41.1 Å². The SMILES string of the molecule is CNCC(C)C(=O)NCC1CCCS1. The number of thioether (sulfide) groups is 1. The van der Waals surface area contributed by atoms with Gasteiger partial charge in [0.25, 0.3) is 0 Å². The molecule has 4 heteroatoms. The van der Waals surface area contributed by atoms with Gasteiger partial charge in [-0.1, -0.05) is 6.92 Å². The minimum Gasteiger partial charge on any atom is -0.355 e. The molecule has 0 aromatic carbocycles. The Hall–Kier alpha value is -0.220. The van der Waals surface area contributed by atoms with Crippen LogP contribution in [0.25, 0.3) is 0 Å². The van der Waals surface area contributed by atoms with Crippen LogP contribution in [0, 0.1) is 5.92 Å². The molecule has 1 aliphatic heterocycles. The van der Waals surface area contributed by atoms with Gasteiger partial charge in [-0.2, -0.15) is 11.8 Å². The molecule has 1 saturated heterocycles. The first kappa shape index (κ1) is 11.9. The maximum absolute atomic E-state index is 11.5. The largest absolute Gasteiger partial charge is 0.355 e. The molecule has 1 heterocycles. The van der Waals surface area contributed by atoms with Crippen LogP contribution >= 0.6 is 11.8 Å². The van der Waals surface area contributed by atoms with Gasteiger partial charge < -0.3 is 10.6 Å². The van der Waals surface area contributed by atoms with Crippen LogP contribution in [0.1, 0.15) is 19.8 Å². The Kier molecular flexibility index (Phi) is 5.33. The fourth-order valence-corrected chi connectivity index (χ4v) is 2.79. The summed E-state index contributed by atoms with van der Waals surface area (Å²) in [6.45, 7) is 3.55. The van der Waals surface area contributed by atoms with Crippen molar-refractivity contribution in [2.24, 2.45) is 5.92 Å². The quantitative estimate of drug-likeness (QED) is 0.716. The molecule has 0 aromatic heterocycles. The van der Waals surface area contributed by atoms with Crippen LogP contribution in [-0.2, 0) is 4.79 Å². The second kappa shape index (κ2) is 6.30. The van der Waals surface area contributed by atoms with E-state index in [4.69, 9.17) is 0 Å². The van der Waals surface area contributed by atoms with Crippen molar-refractivity contribution < 1.29 is 4.79 Å². The summed E-state index contributed by atoms with van der Waals surface area (Å²) < 4.78 is 0. The van der Waals surface area contributed by atoms with E-state index in [9.17, 15) is 4.79 Å². The zero-order valence-corrected chi connectivity index (χ0v) is 9.82. The first-order chi connectivity index (χ1) is 6.74. The van der Waals surface area contributed by atoms with E-state index < -0.39 is 0 Å². The molecule has 1 aliphatic rings. The Morgan fingerprint density at radius 3 is 3.00 bits per heavy atom. The highest BCUT2D eigenvalue weighted by molar-refractivity contribution is 8.00. The van der Waals surface area contributed by atoms with Crippen LogP contribution in [0.4, 0.5) is 0 Å². The Balaban J connectivity index is 2.13. The molecule has 1 amide bonds. The molecular weight excluding hydrogens is 196 g/mol. The first-order valence-electron chi connectivity index (χ1n) is 5.28. The third kappa shape index (κ3) is 3.88. The Morgan fingerprint density at radius 1 is 1.64 bits per heavy atom. The van der Waals surface area contributed by atoms with Crippen molar-refractivity contribution in [2.75, 3.05) is 25.9 Å². The molecule has 82 valence electrons. The third-order valence-electron chi connectivity index (χ3n) is 2.49. The third-order valence-corrected chi connectivity index (χ3v) is 3.88. The zero-order valence-electron chi connectivity index (χ0n) is 9.01. The highest BCUT2D eigenvalue weighted by Gasteiger charge is 2.17. The monoisotopic (exact) mass is 216 g/mol. The molecule has 2 N–H and O–H groups in total. The lowest BCUT2D eigenvalue weighted by atomic mass is 10.1. The second-order valence-corrected chi connectivity index (χ2v) is 5.25. The summed E-state index contributed by atoms with van der Waals surface area (Å²) in [7, 11) is 1.87. The van der Waals surface area contributed by atoms with Crippen LogP contribution in [-0.4, -0.2) is 37.0 Å². The fraction of sp³-hybridized carbons (Fsp3) is 0.900. The van der Waals surface area contributed by atoms with Crippen LogP contribution in [0.15, 0.2) is 0 Å². The standard InChI is InChI=1S/C10H20N2OS/c1-8(6-11-2)10(13)12-7-9-4-3-5-14-9/h8-9,11H,3-7H2,1-2H3,(H,12,13). The lowest BCUT2D eigenvalue weighted by molar-refractivity contribution is -0.124. The van der Waals surface area contributed by atoms with Gasteiger partial charge in [-0.15, -0.1) is 0 Å². The Labute approximate surface area is 90.4 Å². The molecule has 2 atom stereocenters. The summed E-state index contributed by atoms with van der Waals surface area (Å²) in [6, 6.07) is 0. The predicted molar refractivity (Wildman–Crippen MR) is 61.6 cm³/mol. The number of nitrogens with one attached hydrogen (secondary N) is 2. The summed E-state index contributed by atoms with van der Waals surface area (Å²) in [6.07, 6.45) is 2.56. The van der Waals surface area contributed by atoms with Crippen molar-refractivity contribution in [3.63, 3.8) is 0 Å². The zero-order chi connectivity index (χ0) is 10.4. The molecule has 0 aliphatic carbocycles. The van der Waals surface area contributed by atoms with Crippen molar-refractivity contribution >= 4 is 17.7 Å². The predicted octanol–water partition coefficient (Wildman–Crippen LogP) is 0.854. The summed E-state index contributed by atoms with van der Waals surface area (Å²) in [5.74, 6) is 1.50. The molecule has 14 heavy (non-hydrogen) atoms. The van der Waals surface area contributed by atoms with E-state index in [2.05, 4.69) is 10.6 Å². The maximum Gasteiger partial charge on any atom is 0.224 e. The number of carbonyl (C=O) groups is 1. The van der Waals surface area contributed by atoms with E-state index in [1.54, 1.807) is 0 Å². The number of hydrogen-bond acceptors (Lipinski definition) is 3. The van der Waals surface area contributed by atoms with E-state index in [0.29, 0.717) is 5.25 Å². The first-order valence-corrected chi connectivity index (χ1v) is 6.33. The van der Waals surface area contributed by atoms with Gasteiger partial charge in [0.2, 0.25) is 5.91 Å². The van der Waals surface area contributed by atoms with E-state index in [0.717, 1.165) is 13.1 Å². The number of amides is 1. The van der Waals surface area contributed by atoms with Crippen LogP contribution < -0.4 is 10.6 Å². The number of rotatable bonds is 5. The summed E-state index contributed by atoms with van der Waals surface area (Å²) in [4.78, 5) is 11.5. The van der Waals surface area contributed by atoms with Gasteiger partial charge in [-0.3, -0.25) is 4.79 Å². The lowest BCUT2D eigenvalue weighted by Gasteiger charge is -2.14. The van der Waals surface area contributed by atoms with E-state index >= 15 is 0 Å². The summed E-state index contributed by atoms with van der Waals surface area (Å²) in [5, 5.41) is 6.67. The van der Waals surface area contributed by atoms with E-state index in [1.807, 2.05) is 25.7 Å². The van der Waals surface area contributed by atoms with Gasteiger partial charge in [0.15, 0.2) is 0 Å². The molecule has 0 saturated carbocycles. The van der Waals surface area contributed by atoms with Gasteiger partial charge in [-0.05, 0) is 25.6 Å². The Morgan fingerprint density at radius 2 is 2.43 bits per heavy atom. The number of hydrogen-bond donors (Lipinski definition) is 2. The molecular formula is C10H20N2OS. The molecule has 2 unspecified atom stereocenters. The van der Waals surface area contributed by atoms with Gasteiger partial charge in [0.1, 0.15) is 0 Å². The van der Waals surface area contributed by atoms with Gasteiger partial charge in [0, 0.05) is 24.3 Å². The number of carbonyl (C=O) groups excluding carboxylic acids is 1. The molecule has 0 aromatic rings. The Bertz CT molecular complexity index is 181. The van der Waals surface area contributed by atoms with Crippen LogP contribution in [0.5, 0.6) is 0 Å². The molecule has 0 radical (unpaired) electrons. The van der Waals surface area contributed by atoms with Gasteiger partial charge in [0.05, 0.1) is 0 Å². The van der Waals surface area contributed by atoms with E-state index in [-0.39, 0.29) is 11.8 Å². The van der Waals surface area contributed by atoms with Gasteiger partial charge >= 0.3 is 0 Å². The average Bonchev–Trinajstić information content (AvgIpc) is 2.67. The normalized spacial score (nSPS) is 23.4. The fourth-order valence-electron chi connectivity index (χ4n) is 1.59. The van der Waals surface area contributed by atoms with Crippen molar-refractivity contribution in [1.29, 1.82) is 0 Å². The highest BCUT2D eigenvalue weighted by Crippen LogP contribution is 2.25. The molecule has 3 nitrogen and oxygen atoms in total. The van der Waals surface area contributed by atoms with Gasteiger partial charge in [-0.25, -0.2) is 0 Å².